The molecule has 1 aliphatic rings. The number of anilines is 1. The predicted octanol–water partition coefficient (Wildman–Crippen LogP) is 3.23. The van der Waals surface area contributed by atoms with Gasteiger partial charge >= 0.3 is 0 Å². The molecule has 3 nitrogen and oxygen atoms in total. The van der Waals surface area contributed by atoms with Gasteiger partial charge in [0.1, 0.15) is 6.29 Å². The Bertz CT molecular complexity index is 656. The van der Waals surface area contributed by atoms with Crippen LogP contribution in [0.25, 0.3) is 11.1 Å². The van der Waals surface area contributed by atoms with E-state index in [9.17, 15) is 4.79 Å². The van der Waals surface area contributed by atoms with Gasteiger partial charge in [0.25, 0.3) is 0 Å². The number of hydrogen-bond donors (Lipinski definition) is 0. The van der Waals surface area contributed by atoms with E-state index in [-0.39, 0.29) is 0 Å². The Morgan fingerprint density at radius 2 is 1.64 bits per heavy atom. The van der Waals surface area contributed by atoms with Gasteiger partial charge in [-0.15, -0.1) is 0 Å². The average Bonchev–Trinajstić information content (AvgIpc) is 2.56. The van der Waals surface area contributed by atoms with E-state index in [4.69, 9.17) is 0 Å². The summed E-state index contributed by atoms with van der Waals surface area (Å²) in [7, 11) is 2.17. The van der Waals surface area contributed by atoms with E-state index in [1.54, 1.807) is 0 Å². The summed E-state index contributed by atoms with van der Waals surface area (Å²) in [5, 5.41) is 0. The fraction of sp³-hybridized carbons (Fsp3) is 0.316. The highest BCUT2D eigenvalue weighted by atomic mass is 16.1. The predicted molar refractivity (Wildman–Crippen MR) is 91.7 cm³/mol. The van der Waals surface area contributed by atoms with Crippen LogP contribution >= 0.6 is 0 Å². The first-order valence-electron chi connectivity index (χ1n) is 7.77. The number of aryl methyl sites for hydroxylation is 1. The lowest BCUT2D eigenvalue weighted by molar-refractivity contribution is 0.112. The molecule has 3 heteroatoms. The van der Waals surface area contributed by atoms with Gasteiger partial charge in [-0.25, -0.2) is 0 Å². The quantitative estimate of drug-likeness (QED) is 0.812. The number of benzene rings is 2. The Morgan fingerprint density at radius 1 is 0.955 bits per heavy atom. The molecule has 3 rings (SSSR count). The molecule has 0 radical (unpaired) electrons. The standard InChI is InChI=1S/C19H22N2O/c1-15-13-16(14-22)3-8-19(15)17-4-6-18(7-5-17)21-11-9-20(2)10-12-21/h3-8,13-14H,9-12H2,1-2H3. The summed E-state index contributed by atoms with van der Waals surface area (Å²) in [5.74, 6) is 0. The minimum atomic E-state index is 0.732. The summed E-state index contributed by atoms with van der Waals surface area (Å²) in [5.41, 5.74) is 5.55. The lowest BCUT2D eigenvalue weighted by Gasteiger charge is -2.34. The molecule has 1 heterocycles. The number of aldehydes is 1. The van der Waals surface area contributed by atoms with Crippen LogP contribution in [0.2, 0.25) is 0 Å². The lowest BCUT2D eigenvalue weighted by atomic mass is 9.98. The highest BCUT2D eigenvalue weighted by Gasteiger charge is 2.14. The maximum atomic E-state index is 10.8. The van der Waals surface area contributed by atoms with Crippen molar-refractivity contribution >= 4 is 12.0 Å². The van der Waals surface area contributed by atoms with Crippen molar-refractivity contribution in [2.45, 2.75) is 6.92 Å². The van der Waals surface area contributed by atoms with E-state index in [1.165, 1.54) is 16.8 Å². The molecule has 0 amide bonds. The van der Waals surface area contributed by atoms with Crippen LogP contribution in [-0.4, -0.2) is 44.4 Å². The smallest absolute Gasteiger partial charge is 0.150 e. The highest BCUT2D eigenvalue weighted by Crippen LogP contribution is 2.26. The monoisotopic (exact) mass is 294 g/mol. The second kappa shape index (κ2) is 6.32. The molecule has 2 aromatic carbocycles. The molecule has 1 saturated heterocycles. The number of likely N-dealkylation sites (N-methyl/N-ethyl adjacent to an activating group) is 1. The van der Waals surface area contributed by atoms with E-state index in [0.29, 0.717) is 0 Å². The van der Waals surface area contributed by atoms with Crippen LogP contribution in [0.4, 0.5) is 5.69 Å². The van der Waals surface area contributed by atoms with Crippen LogP contribution in [0, 0.1) is 6.92 Å². The van der Waals surface area contributed by atoms with E-state index < -0.39 is 0 Å². The Balaban J connectivity index is 1.81. The van der Waals surface area contributed by atoms with Gasteiger partial charge in [-0.3, -0.25) is 4.79 Å². The summed E-state index contributed by atoms with van der Waals surface area (Å²) in [6.45, 7) is 6.46. The van der Waals surface area contributed by atoms with Crippen LogP contribution in [0.15, 0.2) is 42.5 Å². The summed E-state index contributed by atoms with van der Waals surface area (Å²) in [6.07, 6.45) is 0.896. The maximum Gasteiger partial charge on any atom is 0.150 e. The van der Waals surface area contributed by atoms with Gasteiger partial charge in [-0.1, -0.05) is 24.3 Å². The molecular weight excluding hydrogens is 272 g/mol. The van der Waals surface area contributed by atoms with Gasteiger partial charge in [-0.2, -0.15) is 0 Å². The number of piperazine rings is 1. The Labute approximate surface area is 132 Å². The maximum absolute atomic E-state index is 10.8. The molecule has 0 bridgehead atoms. The number of carbonyl (C=O) groups excluding carboxylic acids is 1. The van der Waals surface area contributed by atoms with Gasteiger partial charge in [0.2, 0.25) is 0 Å². The lowest BCUT2D eigenvalue weighted by Crippen LogP contribution is -2.44. The SMILES string of the molecule is Cc1cc(C=O)ccc1-c1ccc(N2CCN(C)CC2)cc1. The van der Waals surface area contributed by atoms with Crippen molar-refractivity contribution in [2.24, 2.45) is 0 Å². The van der Waals surface area contributed by atoms with Crippen LogP contribution < -0.4 is 4.90 Å². The minimum Gasteiger partial charge on any atom is -0.369 e. The summed E-state index contributed by atoms with van der Waals surface area (Å²) in [4.78, 5) is 15.6. The molecule has 2 aromatic rings. The summed E-state index contributed by atoms with van der Waals surface area (Å²) >= 11 is 0. The molecule has 0 aromatic heterocycles. The highest BCUT2D eigenvalue weighted by molar-refractivity contribution is 5.79. The third-order valence-corrected chi connectivity index (χ3v) is 4.43. The van der Waals surface area contributed by atoms with Crippen LogP contribution in [0.5, 0.6) is 0 Å². The first kappa shape index (κ1) is 14.8. The Morgan fingerprint density at radius 3 is 2.23 bits per heavy atom. The molecule has 22 heavy (non-hydrogen) atoms. The Kier molecular flexibility index (Phi) is 4.25. The van der Waals surface area contributed by atoms with Crippen molar-refractivity contribution in [3.63, 3.8) is 0 Å². The molecule has 1 aliphatic heterocycles. The zero-order chi connectivity index (χ0) is 15.5. The van der Waals surface area contributed by atoms with Crippen LogP contribution in [-0.2, 0) is 0 Å². The second-order valence-corrected chi connectivity index (χ2v) is 6.03. The molecule has 0 spiro atoms. The third-order valence-electron chi connectivity index (χ3n) is 4.43. The number of carbonyl (C=O) groups is 1. The zero-order valence-electron chi connectivity index (χ0n) is 13.2. The number of hydrogen-bond acceptors (Lipinski definition) is 3. The topological polar surface area (TPSA) is 23.6 Å². The van der Waals surface area contributed by atoms with Crippen molar-refractivity contribution in [1.29, 1.82) is 0 Å². The summed E-state index contributed by atoms with van der Waals surface area (Å²) in [6, 6.07) is 14.6. The number of rotatable bonds is 3. The van der Waals surface area contributed by atoms with Gasteiger partial charge in [-0.05, 0) is 48.9 Å². The van der Waals surface area contributed by atoms with Crippen molar-refractivity contribution in [3.05, 3.63) is 53.6 Å². The normalized spacial score (nSPS) is 15.8. The molecular formula is C19H22N2O. The van der Waals surface area contributed by atoms with Crippen LogP contribution in [0.1, 0.15) is 15.9 Å². The van der Waals surface area contributed by atoms with Gasteiger partial charge in [0.15, 0.2) is 0 Å². The van der Waals surface area contributed by atoms with Gasteiger partial charge in [0.05, 0.1) is 0 Å². The molecule has 114 valence electrons. The number of nitrogens with zero attached hydrogens (tertiary/aromatic N) is 2. The minimum absolute atomic E-state index is 0.732. The van der Waals surface area contributed by atoms with Gasteiger partial charge in [0, 0.05) is 37.4 Å². The van der Waals surface area contributed by atoms with Gasteiger partial charge < -0.3 is 9.80 Å². The second-order valence-electron chi connectivity index (χ2n) is 6.03. The molecule has 0 aliphatic carbocycles. The molecule has 0 atom stereocenters. The Hall–Kier alpha value is -2.13. The van der Waals surface area contributed by atoms with Crippen molar-refractivity contribution in [3.8, 4) is 11.1 Å². The van der Waals surface area contributed by atoms with E-state index in [2.05, 4.69) is 48.0 Å². The first-order chi connectivity index (χ1) is 10.7. The molecule has 0 unspecified atom stereocenters. The van der Waals surface area contributed by atoms with Crippen LogP contribution in [0.3, 0.4) is 0 Å². The molecule has 0 saturated carbocycles. The molecule has 0 N–H and O–H groups in total. The third kappa shape index (κ3) is 3.04. The van der Waals surface area contributed by atoms with Crippen molar-refractivity contribution in [2.75, 3.05) is 38.1 Å². The van der Waals surface area contributed by atoms with E-state index in [0.717, 1.165) is 43.6 Å². The van der Waals surface area contributed by atoms with E-state index >= 15 is 0 Å². The molecule has 1 fully saturated rings. The zero-order valence-corrected chi connectivity index (χ0v) is 13.2. The first-order valence-corrected chi connectivity index (χ1v) is 7.77. The fourth-order valence-electron chi connectivity index (χ4n) is 3.00. The average molecular weight is 294 g/mol. The summed E-state index contributed by atoms with van der Waals surface area (Å²) < 4.78 is 0. The fourth-order valence-corrected chi connectivity index (χ4v) is 3.00. The van der Waals surface area contributed by atoms with Crippen molar-refractivity contribution < 1.29 is 4.79 Å². The van der Waals surface area contributed by atoms with Crippen molar-refractivity contribution in [1.82, 2.24) is 4.90 Å². The largest absolute Gasteiger partial charge is 0.369 e. The van der Waals surface area contributed by atoms with E-state index in [1.807, 2.05) is 18.2 Å².